The molecule has 0 saturated carbocycles. The number of rotatable bonds is 3. The lowest BCUT2D eigenvalue weighted by atomic mass is 10.1. The van der Waals surface area contributed by atoms with Gasteiger partial charge in [-0.3, -0.25) is 0 Å². The second-order valence-electron chi connectivity index (χ2n) is 3.61. The Morgan fingerprint density at radius 3 is 2.94 bits per heavy atom. The fraction of sp³-hybridized carbons (Fsp3) is 0.182. The van der Waals surface area contributed by atoms with Gasteiger partial charge >= 0.3 is 5.97 Å². The Bertz CT molecular complexity index is 507. The van der Waals surface area contributed by atoms with Crippen molar-refractivity contribution in [2.75, 3.05) is 0 Å². The molecular formula is C11H13N3O2. The second-order valence-corrected chi connectivity index (χ2v) is 3.61. The Morgan fingerprint density at radius 2 is 2.19 bits per heavy atom. The molecule has 0 bridgehead atoms. The molecule has 5 heteroatoms. The van der Waals surface area contributed by atoms with Gasteiger partial charge < -0.3 is 15.6 Å². The molecule has 0 aliphatic heterocycles. The largest absolute Gasteiger partial charge is 0.372 e. The summed E-state index contributed by atoms with van der Waals surface area (Å²) >= 11 is 0. The van der Waals surface area contributed by atoms with E-state index >= 15 is 0 Å². The van der Waals surface area contributed by atoms with Gasteiger partial charge in [0.15, 0.2) is 0 Å². The highest BCUT2D eigenvalue weighted by atomic mass is 16.7. The van der Waals surface area contributed by atoms with Gasteiger partial charge in [-0.1, -0.05) is 18.2 Å². The molecule has 5 N–H and O–H groups in total. The zero-order valence-electron chi connectivity index (χ0n) is 8.64. The van der Waals surface area contributed by atoms with E-state index in [1.165, 1.54) is 0 Å². The van der Waals surface area contributed by atoms with Crippen molar-refractivity contribution in [3.8, 4) is 0 Å². The standard InChI is InChI=1S/C11H13N3O2/c12-9(11(15)16-13)5-7-6-14-10-4-2-1-3-8(7)10/h1-4,6,9,14H,5,12-13H2/t9-/m0/s1. The van der Waals surface area contributed by atoms with E-state index in [1.807, 2.05) is 30.5 Å². The monoisotopic (exact) mass is 219 g/mol. The van der Waals surface area contributed by atoms with Crippen LogP contribution in [-0.2, 0) is 16.1 Å². The van der Waals surface area contributed by atoms with E-state index in [2.05, 4.69) is 9.82 Å². The van der Waals surface area contributed by atoms with E-state index in [4.69, 9.17) is 11.6 Å². The Balaban J connectivity index is 2.24. The quantitative estimate of drug-likeness (QED) is 0.653. The summed E-state index contributed by atoms with van der Waals surface area (Å²) < 4.78 is 0. The SMILES string of the molecule is NOC(=O)[C@@H](N)Cc1c[nH]c2ccccc12. The zero-order chi connectivity index (χ0) is 11.5. The van der Waals surface area contributed by atoms with E-state index in [9.17, 15) is 4.79 Å². The number of hydrogen-bond donors (Lipinski definition) is 3. The molecule has 16 heavy (non-hydrogen) atoms. The number of carbonyl (C=O) groups is 1. The number of nitrogens with two attached hydrogens (primary N) is 2. The molecule has 0 radical (unpaired) electrons. The molecule has 0 fully saturated rings. The van der Waals surface area contributed by atoms with Crippen molar-refractivity contribution in [1.82, 2.24) is 4.98 Å². The average Bonchev–Trinajstić information content (AvgIpc) is 2.72. The van der Waals surface area contributed by atoms with Gasteiger partial charge in [0.1, 0.15) is 6.04 Å². The van der Waals surface area contributed by atoms with Crippen LogP contribution in [-0.4, -0.2) is 17.0 Å². The van der Waals surface area contributed by atoms with Crippen LogP contribution in [0.25, 0.3) is 10.9 Å². The van der Waals surface area contributed by atoms with Crippen molar-refractivity contribution in [1.29, 1.82) is 0 Å². The molecule has 5 nitrogen and oxygen atoms in total. The lowest BCUT2D eigenvalue weighted by Gasteiger charge is -2.07. The summed E-state index contributed by atoms with van der Waals surface area (Å²) in [5, 5.41) is 1.06. The number of hydrogen-bond acceptors (Lipinski definition) is 4. The summed E-state index contributed by atoms with van der Waals surface area (Å²) in [5.41, 5.74) is 7.64. The first-order valence-electron chi connectivity index (χ1n) is 4.93. The molecule has 1 atom stereocenters. The maximum absolute atomic E-state index is 11.1. The topological polar surface area (TPSA) is 94.1 Å². The summed E-state index contributed by atoms with van der Waals surface area (Å²) in [4.78, 5) is 18.3. The first-order chi connectivity index (χ1) is 7.72. The predicted molar refractivity (Wildman–Crippen MR) is 60.3 cm³/mol. The molecule has 0 spiro atoms. The number of aromatic amines is 1. The highest BCUT2D eigenvalue weighted by molar-refractivity contribution is 5.84. The molecule has 84 valence electrons. The normalized spacial score (nSPS) is 12.6. The van der Waals surface area contributed by atoms with Gasteiger partial charge in [0.2, 0.25) is 0 Å². The first-order valence-corrected chi connectivity index (χ1v) is 4.93. The van der Waals surface area contributed by atoms with Crippen LogP contribution >= 0.6 is 0 Å². The molecule has 2 rings (SSSR count). The van der Waals surface area contributed by atoms with Gasteiger partial charge in [0.05, 0.1) is 0 Å². The Morgan fingerprint density at radius 1 is 1.44 bits per heavy atom. The van der Waals surface area contributed by atoms with Crippen molar-refractivity contribution in [2.24, 2.45) is 11.6 Å². The average molecular weight is 219 g/mol. The predicted octanol–water partition coefficient (Wildman–Crippen LogP) is 0.455. The van der Waals surface area contributed by atoms with E-state index in [0.29, 0.717) is 6.42 Å². The number of nitrogens with one attached hydrogen (secondary N) is 1. The van der Waals surface area contributed by atoms with E-state index in [0.717, 1.165) is 16.5 Å². The Hall–Kier alpha value is -1.85. The van der Waals surface area contributed by atoms with Crippen LogP contribution in [0.4, 0.5) is 0 Å². The molecule has 2 aromatic rings. The number of carbonyl (C=O) groups excluding carboxylic acids is 1. The Labute approximate surface area is 92.3 Å². The lowest BCUT2D eigenvalue weighted by molar-refractivity contribution is -0.145. The number of para-hydroxylation sites is 1. The van der Waals surface area contributed by atoms with Gasteiger partial charge in [-0.2, -0.15) is 5.90 Å². The fourth-order valence-corrected chi connectivity index (χ4v) is 1.71. The summed E-state index contributed by atoms with van der Waals surface area (Å²) in [5.74, 6) is 4.17. The maximum atomic E-state index is 11.1. The van der Waals surface area contributed by atoms with Crippen LogP contribution < -0.4 is 11.6 Å². The number of benzene rings is 1. The Kier molecular flexibility index (Phi) is 2.89. The molecule has 0 aliphatic carbocycles. The molecule has 1 heterocycles. The minimum atomic E-state index is -0.732. The van der Waals surface area contributed by atoms with Crippen molar-refractivity contribution in [3.05, 3.63) is 36.0 Å². The van der Waals surface area contributed by atoms with Crippen molar-refractivity contribution in [2.45, 2.75) is 12.5 Å². The highest BCUT2D eigenvalue weighted by Crippen LogP contribution is 2.18. The van der Waals surface area contributed by atoms with Gasteiger partial charge in [-0.15, -0.1) is 0 Å². The summed E-state index contributed by atoms with van der Waals surface area (Å²) in [6.07, 6.45) is 2.24. The van der Waals surface area contributed by atoms with Crippen LogP contribution in [0.15, 0.2) is 30.5 Å². The minimum absolute atomic E-state index is 0.403. The van der Waals surface area contributed by atoms with Crippen molar-refractivity contribution in [3.63, 3.8) is 0 Å². The smallest absolute Gasteiger partial charge is 0.341 e. The van der Waals surface area contributed by atoms with Gasteiger partial charge in [-0.05, 0) is 11.6 Å². The third-order valence-corrected chi connectivity index (χ3v) is 2.53. The first kappa shape index (κ1) is 10.7. The lowest BCUT2D eigenvalue weighted by Crippen LogP contribution is -2.35. The van der Waals surface area contributed by atoms with Crippen molar-refractivity contribution < 1.29 is 9.63 Å². The van der Waals surface area contributed by atoms with E-state index in [-0.39, 0.29) is 0 Å². The van der Waals surface area contributed by atoms with Crippen LogP contribution in [0.3, 0.4) is 0 Å². The van der Waals surface area contributed by atoms with Crippen LogP contribution in [0, 0.1) is 0 Å². The molecular weight excluding hydrogens is 206 g/mol. The number of aromatic nitrogens is 1. The van der Waals surface area contributed by atoms with Crippen LogP contribution in [0.5, 0.6) is 0 Å². The van der Waals surface area contributed by atoms with Crippen LogP contribution in [0.1, 0.15) is 5.56 Å². The highest BCUT2D eigenvalue weighted by Gasteiger charge is 2.16. The molecule has 1 aromatic heterocycles. The molecule has 0 unspecified atom stereocenters. The number of H-pyrrole nitrogens is 1. The maximum Gasteiger partial charge on any atom is 0.341 e. The molecule has 0 aliphatic rings. The number of fused-ring (bicyclic) bond motifs is 1. The van der Waals surface area contributed by atoms with Gasteiger partial charge in [0.25, 0.3) is 0 Å². The molecule has 0 amide bonds. The summed E-state index contributed by atoms with van der Waals surface area (Å²) in [7, 11) is 0. The van der Waals surface area contributed by atoms with E-state index < -0.39 is 12.0 Å². The third-order valence-electron chi connectivity index (χ3n) is 2.53. The molecule has 1 aromatic carbocycles. The third kappa shape index (κ3) is 1.91. The van der Waals surface area contributed by atoms with Crippen molar-refractivity contribution >= 4 is 16.9 Å². The fourth-order valence-electron chi connectivity index (χ4n) is 1.71. The summed E-state index contributed by atoms with van der Waals surface area (Å²) in [6, 6.07) is 7.08. The van der Waals surface area contributed by atoms with Gasteiger partial charge in [-0.25, -0.2) is 4.79 Å². The molecule has 0 saturated heterocycles. The minimum Gasteiger partial charge on any atom is -0.372 e. The summed E-state index contributed by atoms with van der Waals surface area (Å²) in [6.45, 7) is 0. The van der Waals surface area contributed by atoms with E-state index in [1.54, 1.807) is 0 Å². The zero-order valence-corrected chi connectivity index (χ0v) is 8.64. The second kappa shape index (κ2) is 4.34. The van der Waals surface area contributed by atoms with Crippen LogP contribution in [0.2, 0.25) is 0 Å². The van der Waals surface area contributed by atoms with Gasteiger partial charge in [0, 0.05) is 23.5 Å².